The Morgan fingerprint density at radius 1 is 1.12 bits per heavy atom. The molecule has 0 spiro atoms. The summed E-state index contributed by atoms with van der Waals surface area (Å²) in [6.45, 7) is 2.07. The van der Waals surface area contributed by atoms with Gasteiger partial charge >= 0.3 is 0 Å². The smallest absolute Gasteiger partial charge is 0.169 e. The molecule has 0 unspecified atom stereocenters. The Morgan fingerprint density at radius 3 is 2.56 bits per heavy atom. The zero-order chi connectivity index (χ0) is 11.5. The van der Waals surface area contributed by atoms with Gasteiger partial charge in [-0.3, -0.25) is 0 Å². The van der Waals surface area contributed by atoms with Crippen molar-refractivity contribution in [2.75, 3.05) is 11.5 Å². The zero-order valence-corrected chi connectivity index (χ0v) is 9.14. The molecule has 0 fully saturated rings. The molecule has 1 aromatic carbocycles. The van der Waals surface area contributed by atoms with Crippen LogP contribution >= 0.6 is 0 Å². The van der Waals surface area contributed by atoms with Gasteiger partial charge in [0.1, 0.15) is 0 Å². The number of anilines is 2. The Balaban J connectivity index is 2.28. The summed E-state index contributed by atoms with van der Waals surface area (Å²) < 4.78 is 0. The van der Waals surface area contributed by atoms with Crippen LogP contribution in [-0.2, 0) is 6.42 Å². The van der Waals surface area contributed by atoms with Gasteiger partial charge in [-0.1, -0.05) is 24.3 Å². The first-order valence-electron chi connectivity index (χ1n) is 5.09. The number of nitrogens with two attached hydrogens (primary N) is 2. The molecule has 1 heterocycles. The van der Waals surface area contributed by atoms with E-state index in [1.807, 2.05) is 12.1 Å². The minimum atomic E-state index is 0.286. The van der Waals surface area contributed by atoms with Crippen molar-refractivity contribution in [3.05, 3.63) is 47.2 Å². The summed E-state index contributed by atoms with van der Waals surface area (Å²) in [6, 6.07) is 9.94. The molecule has 0 aliphatic rings. The lowest BCUT2D eigenvalue weighted by Gasteiger charge is -2.05. The lowest BCUT2D eigenvalue weighted by molar-refractivity contribution is 0.943. The number of rotatable bonds is 2. The number of nitrogens with zero attached hydrogens (tertiary/aromatic N) is 2. The molecule has 0 amide bonds. The normalized spacial score (nSPS) is 10.3. The van der Waals surface area contributed by atoms with Crippen LogP contribution in [0.1, 0.15) is 16.8 Å². The van der Waals surface area contributed by atoms with Gasteiger partial charge in [0.05, 0.1) is 11.4 Å². The fourth-order valence-corrected chi connectivity index (χ4v) is 1.55. The van der Waals surface area contributed by atoms with E-state index in [0.29, 0.717) is 5.69 Å². The van der Waals surface area contributed by atoms with Crippen molar-refractivity contribution >= 4 is 11.5 Å². The summed E-state index contributed by atoms with van der Waals surface area (Å²) in [6.07, 6.45) is 0.726. The third-order valence-electron chi connectivity index (χ3n) is 2.54. The van der Waals surface area contributed by atoms with Crippen LogP contribution in [0.4, 0.5) is 11.5 Å². The number of aryl methyl sites for hydroxylation is 1. The summed E-state index contributed by atoms with van der Waals surface area (Å²) in [5.74, 6) is 0.286. The second kappa shape index (κ2) is 4.18. The molecule has 0 aliphatic carbocycles. The van der Waals surface area contributed by atoms with Gasteiger partial charge in [0.15, 0.2) is 5.82 Å². The van der Waals surface area contributed by atoms with Crippen molar-refractivity contribution in [3.63, 3.8) is 0 Å². The van der Waals surface area contributed by atoms with Crippen molar-refractivity contribution in [3.8, 4) is 0 Å². The standard InChI is InChI=1S/C12H14N4/c1-8-4-2-3-5-9(8)6-10-7-11(13)12(14)16-15-10/h2-5,7H,6H2,1H3,(H2,13,15)(H2,14,16). The van der Waals surface area contributed by atoms with Crippen LogP contribution < -0.4 is 11.5 Å². The van der Waals surface area contributed by atoms with Gasteiger partial charge < -0.3 is 11.5 Å². The fraction of sp³-hybridized carbons (Fsp3) is 0.167. The van der Waals surface area contributed by atoms with Gasteiger partial charge in [-0.15, -0.1) is 5.10 Å². The molecule has 4 nitrogen and oxygen atoms in total. The lowest BCUT2D eigenvalue weighted by atomic mass is 10.0. The maximum Gasteiger partial charge on any atom is 0.169 e. The SMILES string of the molecule is Cc1ccccc1Cc1cc(N)c(N)nn1. The first-order valence-corrected chi connectivity index (χ1v) is 5.09. The first kappa shape index (κ1) is 10.4. The maximum atomic E-state index is 5.68. The Kier molecular flexibility index (Phi) is 2.72. The Labute approximate surface area is 94.3 Å². The molecule has 0 atom stereocenters. The molecule has 0 radical (unpaired) electrons. The molecule has 0 aliphatic heterocycles. The van der Waals surface area contributed by atoms with E-state index in [0.717, 1.165) is 12.1 Å². The molecule has 4 N–H and O–H groups in total. The van der Waals surface area contributed by atoms with Crippen LogP contribution in [0.5, 0.6) is 0 Å². The molecular formula is C12H14N4. The van der Waals surface area contributed by atoms with Gasteiger partial charge in [0, 0.05) is 6.42 Å². The van der Waals surface area contributed by atoms with Gasteiger partial charge in [-0.2, -0.15) is 5.10 Å². The molecule has 16 heavy (non-hydrogen) atoms. The molecule has 0 saturated carbocycles. The molecule has 4 heteroatoms. The first-order chi connectivity index (χ1) is 7.66. The summed E-state index contributed by atoms with van der Waals surface area (Å²) >= 11 is 0. The highest BCUT2D eigenvalue weighted by Gasteiger charge is 2.03. The Hall–Kier alpha value is -2.10. The molecule has 82 valence electrons. The van der Waals surface area contributed by atoms with E-state index in [1.165, 1.54) is 11.1 Å². The monoisotopic (exact) mass is 214 g/mol. The summed E-state index contributed by atoms with van der Waals surface area (Å²) in [4.78, 5) is 0. The van der Waals surface area contributed by atoms with Crippen molar-refractivity contribution in [1.82, 2.24) is 10.2 Å². The Bertz CT molecular complexity index is 508. The van der Waals surface area contributed by atoms with Crippen LogP contribution in [0.15, 0.2) is 30.3 Å². The predicted octanol–water partition coefficient (Wildman–Crippen LogP) is 1.54. The molecule has 2 rings (SSSR count). The highest BCUT2D eigenvalue weighted by atomic mass is 15.1. The topological polar surface area (TPSA) is 77.8 Å². The summed E-state index contributed by atoms with van der Waals surface area (Å²) in [7, 11) is 0. The van der Waals surface area contributed by atoms with Crippen LogP contribution in [0.3, 0.4) is 0 Å². The van der Waals surface area contributed by atoms with Gasteiger partial charge in [0.25, 0.3) is 0 Å². The maximum absolute atomic E-state index is 5.68. The minimum absolute atomic E-state index is 0.286. The van der Waals surface area contributed by atoms with Crippen LogP contribution in [-0.4, -0.2) is 10.2 Å². The molecular weight excluding hydrogens is 200 g/mol. The summed E-state index contributed by atoms with van der Waals surface area (Å²) in [5, 5.41) is 7.83. The largest absolute Gasteiger partial charge is 0.396 e. The predicted molar refractivity (Wildman–Crippen MR) is 64.8 cm³/mol. The van der Waals surface area contributed by atoms with E-state index in [2.05, 4.69) is 29.3 Å². The van der Waals surface area contributed by atoms with Gasteiger partial charge in [-0.05, 0) is 24.1 Å². The average molecular weight is 214 g/mol. The highest BCUT2D eigenvalue weighted by molar-refractivity contribution is 5.57. The van der Waals surface area contributed by atoms with Crippen molar-refractivity contribution in [1.29, 1.82) is 0 Å². The van der Waals surface area contributed by atoms with Gasteiger partial charge in [-0.25, -0.2) is 0 Å². The number of benzene rings is 1. The lowest BCUT2D eigenvalue weighted by Crippen LogP contribution is -2.03. The second-order valence-corrected chi connectivity index (χ2v) is 3.78. The fourth-order valence-electron chi connectivity index (χ4n) is 1.55. The number of hydrogen-bond donors (Lipinski definition) is 2. The molecule has 0 saturated heterocycles. The number of nitrogen functional groups attached to an aromatic ring is 2. The highest BCUT2D eigenvalue weighted by Crippen LogP contribution is 2.15. The van der Waals surface area contributed by atoms with Gasteiger partial charge in [0.2, 0.25) is 0 Å². The number of hydrogen-bond acceptors (Lipinski definition) is 4. The van der Waals surface area contributed by atoms with Crippen molar-refractivity contribution < 1.29 is 0 Å². The third-order valence-corrected chi connectivity index (χ3v) is 2.54. The molecule has 0 bridgehead atoms. The van der Waals surface area contributed by atoms with E-state index in [4.69, 9.17) is 11.5 Å². The quantitative estimate of drug-likeness (QED) is 0.794. The van der Waals surface area contributed by atoms with E-state index in [9.17, 15) is 0 Å². The average Bonchev–Trinajstić information content (AvgIpc) is 2.27. The van der Waals surface area contributed by atoms with E-state index >= 15 is 0 Å². The van der Waals surface area contributed by atoms with E-state index in [1.54, 1.807) is 6.07 Å². The second-order valence-electron chi connectivity index (χ2n) is 3.78. The molecule has 2 aromatic rings. The van der Waals surface area contributed by atoms with E-state index in [-0.39, 0.29) is 5.82 Å². The Morgan fingerprint density at radius 2 is 1.88 bits per heavy atom. The minimum Gasteiger partial charge on any atom is -0.396 e. The van der Waals surface area contributed by atoms with Crippen LogP contribution in [0, 0.1) is 6.92 Å². The number of aromatic nitrogens is 2. The molecule has 1 aromatic heterocycles. The van der Waals surface area contributed by atoms with E-state index < -0.39 is 0 Å². The van der Waals surface area contributed by atoms with Crippen molar-refractivity contribution in [2.45, 2.75) is 13.3 Å². The van der Waals surface area contributed by atoms with Crippen LogP contribution in [0.25, 0.3) is 0 Å². The third kappa shape index (κ3) is 2.11. The van der Waals surface area contributed by atoms with Crippen molar-refractivity contribution in [2.24, 2.45) is 0 Å². The van der Waals surface area contributed by atoms with Crippen LogP contribution in [0.2, 0.25) is 0 Å². The zero-order valence-electron chi connectivity index (χ0n) is 9.14. The summed E-state index contributed by atoms with van der Waals surface area (Å²) in [5.41, 5.74) is 15.0.